The van der Waals surface area contributed by atoms with Crippen LogP contribution in [0.1, 0.15) is 17.2 Å². The van der Waals surface area contributed by atoms with Crippen molar-refractivity contribution < 1.29 is 29.9 Å². The molecule has 1 heterocycles. The van der Waals surface area contributed by atoms with Crippen LogP contribution >= 0.6 is 0 Å². The van der Waals surface area contributed by atoms with Gasteiger partial charge in [-0.3, -0.25) is 0 Å². The summed E-state index contributed by atoms with van der Waals surface area (Å²) in [4.78, 5) is 0. The SMILES string of the molecule is COc1cc([C@@H]2Oc3cc(O)cc(O)c3C[C@H]2O)ccc1O. The van der Waals surface area contributed by atoms with Gasteiger partial charge in [0.1, 0.15) is 23.4 Å². The maximum absolute atomic E-state index is 10.3. The minimum atomic E-state index is -0.878. The molecule has 0 spiro atoms. The van der Waals surface area contributed by atoms with Crippen molar-refractivity contribution >= 4 is 0 Å². The van der Waals surface area contributed by atoms with Gasteiger partial charge in [-0.2, -0.15) is 0 Å². The summed E-state index contributed by atoms with van der Waals surface area (Å²) >= 11 is 0. The van der Waals surface area contributed by atoms with Gasteiger partial charge in [0.15, 0.2) is 11.5 Å². The molecule has 22 heavy (non-hydrogen) atoms. The number of aromatic hydroxyl groups is 3. The number of rotatable bonds is 2. The second kappa shape index (κ2) is 5.31. The lowest BCUT2D eigenvalue weighted by molar-refractivity contribution is 0.0197. The first kappa shape index (κ1) is 14.3. The number of phenolic OH excluding ortho intramolecular Hbond substituents is 3. The Hall–Kier alpha value is -2.60. The Bertz CT molecular complexity index is 712. The molecular formula is C16H16O6. The second-order valence-corrected chi connectivity index (χ2v) is 5.18. The Balaban J connectivity index is 1.99. The fourth-order valence-corrected chi connectivity index (χ4v) is 2.62. The first-order chi connectivity index (χ1) is 10.5. The van der Waals surface area contributed by atoms with Crippen LogP contribution in [0.4, 0.5) is 0 Å². The van der Waals surface area contributed by atoms with E-state index < -0.39 is 12.2 Å². The van der Waals surface area contributed by atoms with E-state index in [4.69, 9.17) is 9.47 Å². The van der Waals surface area contributed by atoms with Crippen molar-refractivity contribution in [3.63, 3.8) is 0 Å². The van der Waals surface area contributed by atoms with Crippen molar-refractivity contribution in [3.05, 3.63) is 41.5 Å². The van der Waals surface area contributed by atoms with E-state index in [2.05, 4.69) is 0 Å². The highest BCUT2D eigenvalue weighted by molar-refractivity contribution is 5.52. The predicted molar refractivity (Wildman–Crippen MR) is 77.5 cm³/mol. The molecule has 116 valence electrons. The highest BCUT2D eigenvalue weighted by Gasteiger charge is 2.32. The maximum Gasteiger partial charge on any atom is 0.160 e. The Morgan fingerprint density at radius 2 is 1.86 bits per heavy atom. The summed E-state index contributed by atoms with van der Waals surface area (Å²) in [6, 6.07) is 7.26. The first-order valence-corrected chi connectivity index (χ1v) is 6.76. The van der Waals surface area contributed by atoms with Gasteiger partial charge in [0.25, 0.3) is 0 Å². The van der Waals surface area contributed by atoms with Gasteiger partial charge in [0, 0.05) is 24.1 Å². The summed E-state index contributed by atoms with van der Waals surface area (Å²) in [5.41, 5.74) is 1.07. The Labute approximate surface area is 126 Å². The number of benzene rings is 2. The van der Waals surface area contributed by atoms with Crippen molar-refractivity contribution in [2.45, 2.75) is 18.6 Å². The lowest BCUT2D eigenvalue weighted by atomic mass is 9.94. The molecule has 3 rings (SSSR count). The standard InChI is InChI=1S/C16H16O6/c1-21-15-4-8(2-3-11(15)18)16-13(20)7-10-12(19)5-9(17)6-14(10)22-16/h2-6,13,16-20H,7H2,1H3/t13-,16+/m1/s1. The molecule has 4 N–H and O–H groups in total. The monoisotopic (exact) mass is 304 g/mol. The summed E-state index contributed by atoms with van der Waals surface area (Å²) in [5, 5.41) is 39.3. The molecule has 0 saturated carbocycles. The number of ether oxygens (including phenoxy) is 2. The maximum atomic E-state index is 10.3. The van der Waals surface area contributed by atoms with Gasteiger partial charge in [-0.1, -0.05) is 6.07 Å². The lowest BCUT2D eigenvalue weighted by Crippen LogP contribution is -2.30. The van der Waals surface area contributed by atoms with Gasteiger partial charge in [-0.05, 0) is 17.7 Å². The van der Waals surface area contributed by atoms with Gasteiger partial charge in [-0.25, -0.2) is 0 Å². The van der Waals surface area contributed by atoms with Crippen LogP contribution in [0.5, 0.6) is 28.7 Å². The van der Waals surface area contributed by atoms with Crippen LogP contribution in [-0.2, 0) is 6.42 Å². The van der Waals surface area contributed by atoms with E-state index >= 15 is 0 Å². The van der Waals surface area contributed by atoms with Crippen molar-refractivity contribution in [3.8, 4) is 28.7 Å². The van der Waals surface area contributed by atoms with E-state index in [1.807, 2.05) is 0 Å². The summed E-state index contributed by atoms with van der Waals surface area (Å²) in [5.74, 6) is 0.357. The number of methoxy groups -OCH3 is 1. The Kier molecular flexibility index (Phi) is 3.46. The summed E-state index contributed by atoms with van der Waals surface area (Å²) in [6.07, 6.45) is -1.38. The molecule has 6 heteroatoms. The number of phenols is 3. The van der Waals surface area contributed by atoms with Gasteiger partial charge in [0.2, 0.25) is 0 Å². The van der Waals surface area contributed by atoms with E-state index in [0.717, 1.165) is 0 Å². The average Bonchev–Trinajstić information content (AvgIpc) is 2.48. The number of hydrogen-bond donors (Lipinski definition) is 4. The highest BCUT2D eigenvalue weighted by atomic mass is 16.5. The van der Waals surface area contributed by atoms with Gasteiger partial charge in [0.05, 0.1) is 13.2 Å². The molecule has 6 nitrogen and oxygen atoms in total. The fourth-order valence-electron chi connectivity index (χ4n) is 2.62. The first-order valence-electron chi connectivity index (χ1n) is 6.76. The van der Waals surface area contributed by atoms with Crippen molar-refractivity contribution in [2.24, 2.45) is 0 Å². The van der Waals surface area contributed by atoms with Crippen LogP contribution < -0.4 is 9.47 Å². The molecule has 0 aliphatic carbocycles. The van der Waals surface area contributed by atoms with E-state index in [1.165, 1.54) is 25.3 Å². The molecule has 2 atom stereocenters. The minimum absolute atomic E-state index is 0.00719. The Morgan fingerprint density at radius 1 is 1.09 bits per heavy atom. The third-order valence-electron chi connectivity index (χ3n) is 3.72. The molecule has 0 radical (unpaired) electrons. The fraction of sp³-hybridized carbons (Fsp3) is 0.250. The minimum Gasteiger partial charge on any atom is -0.508 e. The molecule has 0 aromatic heterocycles. The molecule has 0 saturated heterocycles. The van der Waals surface area contributed by atoms with Gasteiger partial charge >= 0.3 is 0 Å². The van der Waals surface area contributed by atoms with E-state index in [0.29, 0.717) is 16.9 Å². The van der Waals surface area contributed by atoms with Gasteiger partial charge in [-0.15, -0.1) is 0 Å². The summed E-state index contributed by atoms with van der Waals surface area (Å²) in [7, 11) is 1.43. The van der Waals surface area contributed by atoms with Gasteiger partial charge < -0.3 is 29.9 Å². The van der Waals surface area contributed by atoms with Crippen LogP contribution in [0, 0.1) is 0 Å². The Morgan fingerprint density at radius 3 is 2.59 bits per heavy atom. The molecule has 2 aromatic carbocycles. The number of hydrogen-bond acceptors (Lipinski definition) is 6. The zero-order valence-corrected chi connectivity index (χ0v) is 11.9. The largest absolute Gasteiger partial charge is 0.508 e. The van der Waals surface area contributed by atoms with Crippen LogP contribution in [0.2, 0.25) is 0 Å². The van der Waals surface area contributed by atoms with Crippen LogP contribution in [0.25, 0.3) is 0 Å². The third kappa shape index (κ3) is 2.37. The highest BCUT2D eigenvalue weighted by Crippen LogP contribution is 2.42. The number of aliphatic hydroxyl groups is 1. The average molecular weight is 304 g/mol. The van der Waals surface area contributed by atoms with Crippen LogP contribution in [0.3, 0.4) is 0 Å². The zero-order valence-electron chi connectivity index (χ0n) is 11.9. The molecule has 1 aliphatic heterocycles. The number of fused-ring (bicyclic) bond motifs is 1. The van der Waals surface area contributed by atoms with Crippen molar-refractivity contribution in [2.75, 3.05) is 7.11 Å². The summed E-state index contributed by atoms with van der Waals surface area (Å²) < 4.78 is 10.8. The predicted octanol–water partition coefficient (Wildman–Crippen LogP) is 1.85. The molecule has 0 unspecified atom stereocenters. The molecular weight excluding hydrogens is 288 g/mol. The van der Waals surface area contributed by atoms with Crippen molar-refractivity contribution in [1.82, 2.24) is 0 Å². The molecule has 0 fully saturated rings. The smallest absolute Gasteiger partial charge is 0.160 e. The van der Waals surface area contributed by atoms with E-state index in [9.17, 15) is 20.4 Å². The number of aliphatic hydroxyl groups excluding tert-OH is 1. The summed E-state index contributed by atoms with van der Waals surface area (Å²) in [6.45, 7) is 0. The second-order valence-electron chi connectivity index (χ2n) is 5.18. The third-order valence-corrected chi connectivity index (χ3v) is 3.72. The topological polar surface area (TPSA) is 99.4 Å². The molecule has 0 amide bonds. The molecule has 1 aliphatic rings. The van der Waals surface area contributed by atoms with Crippen LogP contribution in [-0.4, -0.2) is 33.6 Å². The molecule has 0 bridgehead atoms. The van der Waals surface area contributed by atoms with E-state index in [1.54, 1.807) is 12.1 Å². The molecule has 2 aromatic rings. The zero-order chi connectivity index (χ0) is 15.9. The van der Waals surface area contributed by atoms with Crippen LogP contribution in [0.15, 0.2) is 30.3 Å². The quantitative estimate of drug-likeness (QED) is 0.676. The normalized spacial score (nSPS) is 20.1. The lowest BCUT2D eigenvalue weighted by Gasteiger charge is -2.31. The van der Waals surface area contributed by atoms with Crippen molar-refractivity contribution in [1.29, 1.82) is 0 Å². The van der Waals surface area contributed by atoms with E-state index in [-0.39, 0.29) is 29.4 Å².